The minimum atomic E-state index is 0.0491. The molecule has 152 valence electrons. The van der Waals surface area contributed by atoms with Gasteiger partial charge in [0.05, 0.1) is 12.0 Å². The van der Waals surface area contributed by atoms with Gasteiger partial charge in [0, 0.05) is 21.7 Å². The fourth-order valence-corrected chi connectivity index (χ4v) is 4.56. The van der Waals surface area contributed by atoms with Crippen molar-refractivity contribution in [3.63, 3.8) is 0 Å². The van der Waals surface area contributed by atoms with Crippen molar-refractivity contribution in [2.75, 3.05) is 11.9 Å². The minimum Gasteiger partial charge on any atom is -0.494 e. The molecular weight excluding hydrogens is 394 g/mol. The third-order valence-electron chi connectivity index (χ3n) is 4.85. The van der Waals surface area contributed by atoms with Crippen LogP contribution >= 0.6 is 11.3 Å². The maximum atomic E-state index is 11.6. The molecule has 2 aromatic carbocycles. The van der Waals surface area contributed by atoms with Crippen molar-refractivity contribution in [1.29, 1.82) is 0 Å². The third-order valence-corrected chi connectivity index (χ3v) is 5.85. The normalized spacial score (nSPS) is 10.9. The lowest BCUT2D eigenvalue weighted by atomic mass is 10.0. The maximum absolute atomic E-state index is 11.6. The van der Waals surface area contributed by atoms with Crippen LogP contribution in [0.3, 0.4) is 0 Å². The van der Waals surface area contributed by atoms with E-state index in [0.717, 1.165) is 38.6 Å². The highest BCUT2D eigenvalue weighted by atomic mass is 32.1. The molecule has 0 saturated carbocycles. The number of carbonyl (C=O) groups is 1. The molecule has 2 aromatic heterocycles. The average molecular weight is 418 g/mol. The summed E-state index contributed by atoms with van der Waals surface area (Å²) in [4.78, 5) is 23.1. The summed E-state index contributed by atoms with van der Waals surface area (Å²) in [6.07, 6.45) is 0. The van der Waals surface area contributed by atoms with Crippen LogP contribution in [-0.2, 0) is 0 Å². The van der Waals surface area contributed by atoms with Crippen molar-refractivity contribution >= 4 is 38.8 Å². The maximum Gasteiger partial charge on any atom is 0.159 e. The van der Waals surface area contributed by atoms with E-state index in [1.165, 1.54) is 4.88 Å². The van der Waals surface area contributed by atoms with Gasteiger partial charge in [-0.1, -0.05) is 12.1 Å². The molecule has 2 heterocycles. The van der Waals surface area contributed by atoms with Gasteiger partial charge in [-0.05, 0) is 69.7 Å². The molecule has 0 aliphatic heterocycles. The van der Waals surface area contributed by atoms with Crippen LogP contribution < -0.4 is 10.1 Å². The van der Waals surface area contributed by atoms with E-state index >= 15 is 0 Å². The second kappa shape index (κ2) is 8.24. The molecule has 6 heteroatoms. The second-order valence-corrected chi connectivity index (χ2v) is 8.25. The van der Waals surface area contributed by atoms with E-state index in [0.29, 0.717) is 18.0 Å². The van der Waals surface area contributed by atoms with E-state index in [1.807, 2.05) is 50.2 Å². The topological polar surface area (TPSA) is 64.1 Å². The second-order valence-electron chi connectivity index (χ2n) is 7.05. The highest BCUT2D eigenvalue weighted by Crippen LogP contribution is 2.41. The van der Waals surface area contributed by atoms with Crippen LogP contribution in [0.15, 0.2) is 48.5 Å². The average Bonchev–Trinajstić information content (AvgIpc) is 3.05. The standard InChI is InChI=1S/C24H23N3O2S/c1-5-29-20-12-8-18(9-13-20)21-15(3)30-24-22(21)23(25-16(4)26-24)27-19-10-6-17(7-11-19)14(2)28/h6-13H,5H2,1-4H3,(H,25,26,27). The predicted octanol–water partition coefficient (Wildman–Crippen LogP) is 6.32. The number of ether oxygens (including phenoxy) is 1. The highest BCUT2D eigenvalue weighted by Gasteiger charge is 2.18. The Hall–Kier alpha value is -3.25. The molecule has 0 aliphatic rings. The molecule has 0 unspecified atom stereocenters. The number of anilines is 2. The van der Waals surface area contributed by atoms with Gasteiger partial charge < -0.3 is 10.1 Å². The summed E-state index contributed by atoms with van der Waals surface area (Å²) in [5.74, 6) is 2.38. The molecule has 1 N–H and O–H groups in total. The largest absolute Gasteiger partial charge is 0.494 e. The lowest BCUT2D eigenvalue weighted by Crippen LogP contribution is -1.99. The van der Waals surface area contributed by atoms with Gasteiger partial charge in [-0.25, -0.2) is 9.97 Å². The number of thiophene rings is 1. The monoisotopic (exact) mass is 417 g/mol. The van der Waals surface area contributed by atoms with Crippen LogP contribution in [0.4, 0.5) is 11.5 Å². The van der Waals surface area contributed by atoms with E-state index in [4.69, 9.17) is 9.72 Å². The molecule has 5 nitrogen and oxygen atoms in total. The van der Waals surface area contributed by atoms with Gasteiger partial charge >= 0.3 is 0 Å². The zero-order valence-corrected chi connectivity index (χ0v) is 18.3. The van der Waals surface area contributed by atoms with E-state index in [-0.39, 0.29) is 5.78 Å². The molecule has 4 aromatic rings. The van der Waals surface area contributed by atoms with Crippen molar-refractivity contribution in [3.8, 4) is 16.9 Å². The number of aryl methyl sites for hydroxylation is 2. The number of fused-ring (bicyclic) bond motifs is 1. The number of ketones is 1. The molecule has 0 spiro atoms. The van der Waals surface area contributed by atoms with Gasteiger partial charge in [0.15, 0.2) is 5.78 Å². The molecule has 0 amide bonds. The van der Waals surface area contributed by atoms with Crippen molar-refractivity contribution in [3.05, 3.63) is 64.8 Å². The Bertz CT molecular complexity index is 1210. The van der Waals surface area contributed by atoms with Gasteiger partial charge in [0.1, 0.15) is 22.2 Å². The molecule has 0 fully saturated rings. The van der Waals surface area contributed by atoms with Crippen LogP contribution in [0, 0.1) is 13.8 Å². The van der Waals surface area contributed by atoms with Gasteiger partial charge in [-0.2, -0.15) is 0 Å². The summed E-state index contributed by atoms with van der Waals surface area (Å²) < 4.78 is 5.58. The van der Waals surface area contributed by atoms with Crippen molar-refractivity contribution < 1.29 is 9.53 Å². The first kappa shape index (κ1) is 20.0. The van der Waals surface area contributed by atoms with Gasteiger partial charge in [-0.15, -0.1) is 11.3 Å². The van der Waals surface area contributed by atoms with Crippen molar-refractivity contribution in [2.24, 2.45) is 0 Å². The fourth-order valence-electron chi connectivity index (χ4n) is 3.47. The van der Waals surface area contributed by atoms with Crippen LogP contribution in [0.25, 0.3) is 21.3 Å². The Morgan fingerprint density at radius 3 is 2.37 bits per heavy atom. The summed E-state index contributed by atoms with van der Waals surface area (Å²) in [5, 5.41) is 4.43. The number of hydrogen-bond acceptors (Lipinski definition) is 6. The Balaban J connectivity index is 1.80. The summed E-state index contributed by atoms with van der Waals surface area (Å²) in [6, 6.07) is 15.6. The van der Waals surface area contributed by atoms with Crippen LogP contribution in [0.2, 0.25) is 0 Å². The number of carbonyl (C=O) groups excluding carboxylic acids is 1. The smallest absolute Gasteiger partial charge is 0.159 e. The number of Topliss-reactive ketones (excluding diaryl/α,β-unsaturated/α-hetero) is 1. The molecule has 0 aliphatic carbocycles. The number of rotatable bonds is 6. The first-order chi connectivity index (χ1) is 14.5. The molecule has 30 heavy (non-hydrogen) atoms. The zero-order valence-electron chi connectivity index (χ0n) is 17.4. The summed E-state index contributed by atoms with van der Waals surface area (Å²) in [6.45, 7) is 8.19. The minimum absolute atomic E-state index is 0.0491. The van der Waals surface area contributed by atoms with Crippen molar-refractivity contribution in [2.45, 2.75) is 27.7 Å². The third kappa shape index (κ3) is 3.91. The lowest BCUT2D eigenvalue weighted by Gasteiger charge is -2.11. The number of nitrogens with zero attached hydrogens (tertiary/aromatic N) is 2. The lowest BCUT2D eigenvalue weighted by molar-refractivity contribution is 0.101. The number of aromatic nitrogens is 2. The van der Waals surface area contributed by atoms with Crippen molar-refractivity contribution in [1.82, 2.24) is 9.97 Å². The van der Waals surface area contributed by atoms with Crippen LogP contribution in [-0.4, -0.2) is 22.4 Å². The van der Waals surface area contributed by atoms with Gasteiger partial charge in [-0.3, -0.25) is 4.79 Å². The van der Waals surface area contributed by atoms with E-state index < -0.39 is 0 Å². The number of benzene rings is 2. The molecule has 0 bridgehead atoms. The van der Waals surface area contributed by atoms with E-state index in [9.17, 15) is 4.79 Å². The quantitative estimate of drug-likeness (QED) is 0.372. The first-order valence-electron chi connectivity index (χ1n) is 9.85. The van der Waals surface area contributed by atoms with Gasteiger partial charge in [0.2, 0.25) is 0 Å². The Morgan fingerprint density at radius 2 is 1.73 bits per heavy atom. The molecular formula is C24H23N3O2S. The van der Waals surface area contributed by atoms with Gasteiger partial charge in [0.25, 0.3) is 0 Å². The molecule has 4 rings (SSSR count). The van der Waals surface area contributed by atoms with Crippen LogP contribution in [0.1, 0.15) is 34.9 Å². The Morgan fingerprint density at radius 1 is 1.03 bits per heavy atom. The summed E-state index contributed by atoms with van der Waals surface area (Å²) >= 11 is 1.67. The number of nitrogens with one attached hydrogen (secondary N) is 1. The Kier molecular flexibility index (Phi) is 5.50. The predicted molar refractivity (Wildman–Crippen MR) is 123 cm³/mol. The summed E-state index contributed by atoms with van der Waals surface area (Å²) in [7, 11) is 0. The summed E-state index contributed by atoms with van der Waals surface area (Å²) in [5.41, 5.74) is 3.79. The van der Waals surface area contributed by atoms with Crippen LogP contribution in [0.5, 0.6) is 5.75 Å². The SMILES string of the molecule is CCOc1ccc(-c2c(C)sc3nc(C)nc(Nc4ccc(C(C)=O)cc4)c23)cc1. The fraction of sp³-hybridized carbons (Fsp3) is 0.208. The van der Waals surface area contributed by atoms with E-state index in [1.54, 1.807) is 18.3 Å². The van der Waals surface area contributed by atoms with E-state index in [2.05, 4.69) is 29.4 Å². The molecule has 0 atom stereocenters. The number of hydrogen-bond donors (Lipinski definition) is 1. The first-order valence-corrected chi connectivity index (χ1v) is 10.7. The molecule has 0 radical (unpaired) electrons. The highest BCUT2D eigenvalue weighted by molar-refractivity contribution is 7.19. The zero-order chi connectivity index (χ0) is 21.3. The molecule has 0 saturated heterocycles. The Labute approximate surface area is 179 Å².